The molecule has 1 saturated heterocycles. The van der Waals surface area contributed by atoms with Crippen LogP contribution in [0.1, 0.15) is 19.4 Å². The first-order valence-electron chi connectivity index (χ1n) is 6.99. The fraction of sp³-hybridized carbons (Fsp3) is 0.500. The van der Waals surface area contributed by atoms with Crippen molar-refractivity contribution in [3.63, 3.8) is 0 Å². The number of nitrogens with zero attached hydrogens (tertiary/aromatic N) is 1. The van der Waals surface area contributed by atoms with Crippen molar-refractivity contribution in [3.05, 3.63) is 42.5 Å². The van der Waals surface area contributed by atoms with Gasteiger partial charge in [-0.05, 0) is 31.5 Å². The fourth-order valence-electron chi connectivity index (χ4n) is 2.44. The Bertz CT molecular complexity index is 419. The van der Waals surface area contributed by atoms with E-state index in [2.05, 4.69) is 48.8 Å². The van der Waals surface area contributed by atoms with Gasteiger partial charge in [-0.25, -0.2) is 0 Å². The van der Waals surface area contributed by atoms with E-state index in [1.54, 1.807) is 6.08 Å². The Morgan fingerprint density at radius 3 is 3.11 bits per heavy atom. The summed E-state index contributed by atoms with van der Waals surface area (Å²) in [5.41, 5.74) is 1.31. The van der Waals surface area contributed by atoms with Crippen LogP contribution in [0.25, 0.3) is 0 Å². The van der Waals surface area contributed by atoms with Gasteiger partial charge >= 0.3 is 0 Å². The molecule has 1 heterocycles. The average molecular weight is 260 g/mol. The van der Waals surface area contributed by atoms with E-state index in [-0.39, 0.29) is 0 Å². The van der Waals surface area contributed by atoms with Crippen LogP contribution in [0, 0.1) is 0 Å². The summed E-state index contributed by atoms with van der Waals surface area (Å²) in [6, 6.07) is 9.50. The summed E-state index contributed by atoms with van der Waals surface area (Å²) in [5.74, 6) is 0.924. The van der Waals surface area contributed by atoms with Gasteiger partial charge in [-0.2, -0.15) is 0 Å². The lowest BCUT2D eigenvalue weighted by atomic mass is 10.1. The van der Waals surface area contributed by atoms with Gasteiger partial charge in [0.1, 0.15) is 12.4 Å². The number of hydrogen-bond acceptors (Lipinski definition) is 3. The third kappa shape index (κ3) is 4.08. The van der Waals surface area contributed by atoms with E-state index >= 15 is 0 Å². The molecular formula is C16H24N2O. The molecule has 2 atom stereocenters. The zero-order chi connectivity index (χ0) is 13.7. The quantitative estimate of drug-likeness (QED) is 0.823. The van der Waals surface area contributed by atoms with Crippen LogP contribution in [0.4, 0.5) is 0 Å². The topological polar surface area (TPSA) is 24.5 Å². The van der Waals surface area contributed by atoms with Gasteiger partial charge in [-0.15, -0.1) is 0 Å². The number of hydrogen-bond donors (Lipinski definition) is 1. The zero-order valence-corrected chi connectivity index (χ0v) is 11.9. The SMILES string of the molecule is C=CCOc1cccc(CN2CC(C)NCC2C)c1. The molecule has 1 fully saturated rings. The van der Waals surface area contributed by atoms with Gasteiger partial charge in [0.25, 0.3) is 0 Å². The molecule has 1 aromatic rings. The average Bonchev–Trinajstić information content (AvgIpc) is 2.41. The molecule has 1 N–H and O–H groups in total. The number of benzene rings is 1. The van der Waals surface area contributed by atoms with E-state index in [4.69, 9.17) is 4.74 Å². The minimum Gasteiger partial charge on any atom is -0.490 e. The molecule has 2 rings (SSSR count). The first-order chi connectivity index (χ1) is 9.19. The molecular weight excluding hydrogens is 236 g/mol. The van der Waals surface area contributed by atoms with Crippen LogP contribution in [-0.2, 0) is 6.54 Å². The number of nitrogens with one attached hydrogen (secondary N) is 1. The highest BCUT2D eigenvalue weighted by Gasteiger charge is 2.22. The lowest BCUT2D eigenvalue weighted by Crippen LogP contribution is -2.53. The van der Waals surface area contributed by atoms with E-state index in [1.165, 1.54) is 5.56 Å². The number of piperazine rings is 1. The van der Waals surface area contributed by atoms with E-state index in [0.717, 1.165) is 25.4 Å². The number of rotatable bonds is 5. The minimum absolute atomic E-state index is 0.560. The zero-order valence-electron chi connectivity index (χ0n) is 11.9. The van der Waals surface area contributed by atoms with Gasteiger partial charge in [0.15, 0.2) is 0 Å². The molecule has 0 radical (unpaired) electrons. The first-order valence-corrected chi connectivity index (χ1v) is 6.99. The van der Waals surface area contributed by atoms with Crippen LogP contribution in [0.15, 0.2) is 36.9 Å². The largest absolute Gasteiger partial charge is 0.490 e. The molecule has 3 heteroatoms. The summed E-state index contributed by atoms with van der Waals surface area (Å²) < 4.78 is 5.58. The molecule has 0 aromatic heterocycles. The van der Waals surface area contributed by atoms with E-state index in [9.17, 15) is 0 Å². The fourth-order valence-corrected chi connectivity index (χ4v) is 2.44. The van der Waals surface area contributed by atoms with E-state index in [1.807, 2.05) is 6.07 Å². The molecule has 1 aliphatic heterocycles. The van der Waals surface area contributed by atoms with Crippen LogP contribution < -0.4 is 10.1 Å². The lowest BCUT2D eigenvalue weighted by Gasteiger charge is -2.37. The van der Waals surface area contributed by atoms with Gasteiger partial charge in [-0.3, -0.25) is 4.90 Å². The van der Waals surface area contributed by atoms with Crippen molar-refractivity contribution in [2.45, 2.75) is 32.5 Å². The summed E-state index contributed by atoms with van der Waals surface area (Å²) in [6.45, 7) is 11.9. The summed E-state index contributed by atoms with van der Waals surface area (Å²) >= 11 is 0. The maximum Gasteiger partial charge on any atom is 0.120 e. The molecule has 0 saturated carbocycles. The van der Waals surface area contributed by atoms with Gasteiger partial charge in [0.05, 0.1) is 0 Å². The molecule has 104 valence electrons. The van der Waals surface area contributed by atoms with Crippen LogP contribution >= 0.6 is 0 Å². The van der Waals surface area contributed by atoms with Gasteiger partial charge in [-0.1, -0.05) is 24.8 Å². The number of ether oxygens (including phenoxy) is 1. The molecule has 19 heavy (non-hydrogen) atoms. The second-order valence-corrected chi connectivity index (χ2v) is 5.33. The normalized spacial score (nSPS) is 24.1. The molecule has 1 aromatic carbocycles. The van der Waals surface area contributed by atoms with Crippen LogP contribution in [0.5, 0.6) is 5.75 Å². The Hall–Kier alpha value is -1.32. The maximum atomic E-state index is 5.58. The molecule has 0 aliphatic carbocycles. The first kappa shape index (κ1) is 14.1. The van der Waals surface area contributed by atoms with Crippen molar-refractivity contribution >= 4 is 0 Å². The van der Waals surface area contributed by atoms with Crippen molar-refractivity contribution in [1.82, 2.24) is 10.2 Å². The van der Waals surface area contributed by atoms with E-state index < -0.39 is 0 Å². The third-order valence-corrected chi connectivity index (χ3v) is 3.55. The van der Waals surface area contributed by atoms with Gasteiger partial charge in [0.2, 0.25) is 0 Å². The lowest BCUT2D eigenvalue weighted by molar-refractivity contribution is 0.138. The van der Waals surface area contributed by atoms with Gasteiger partial charge < -0.3 is 10.1 Å². The smallest absolute Gasteiger partial charge is 0.120 e. The highest BCUT2D eigenvalue weighted by molar-refractivity contribution is 5.28. The summed E-state index contributed by atoms with van der Waals surface area (Å²) in [5, 5.41) is 3.51. The molecule has 0 bridgehead atoms. The Kier molecular flexibility index (Phi) is 5.00. The minimum atomic E-state index is 0.560. The second-order valence-electron chi connectivity index (χ2n) is 5.33. The molecule has 1 aliphatic rings. The van der Waals surface area contributed by atoms with Crippen molar-refractivity contribution < 1.29 is 4.74 Å². The van der Waals surface area contributed by atoms with Gasteiger partial charge in [0, 0.05) is 31.7 Å². The van der Waals surface area contributed by atoms with Crippen molar-refractivity contribution in [1.29, 1.82) is 0 Å². The molecule has 3 nitrogen and oxygen atoms in total. The third-order valence-electron chi connectivity index (χ3n) is 3.55. The van der Waals surface area contributed by atoms with Crippen molar-refractivity contribution in [2.24, 2.45) is 0 Å². The highest BCUT2D eigenvalue weighted by Crippen LogP contribution is 2.17. The van der Waals surface area contributed by atoms with E-state index in [0.29, 0.717) is 18.7 Å². The standard InChI is InChI=1S/C16H24N2O/c1-4-8-19-16-7-5-6-15(9-16)12-18-11-13(2)17-10-14(18)3/h4-7,9,13-14,17H,1,8,10-12H2,2-3H3. The Labute approximate surface area is 116 Å². The summed E-state index contributed by atoms with van der Waals surface area (Å²) in [6.07, 6.45) is 1.77. The van der Waals surface area contributed by atoms with Crippen LogP contribution in [-0.4, -0.2) is 36.7 Å². The molecule has 0 spiro atoms. The highest BCUT2D eigenvalue weighted by atomic mass is 16.5. The monoisotopic (exact) mass is 260 g/mol. The maximum absolute atomic E-state index is 5.58. The Morgan fingerprint density at radius 1 is 1.47 bits per heavy atom. The predicted octanol–water partition coefficient (Wildman–Crippen LogP) is 2.43. The Morgan fingerprint density at radius 2 is 2.32 bits per heavy atom. The van der Waals surface area contributed by atoms with Crippen LogP contribution in [0.2, 0.25) is 0 Å². The van der Waals surface area contributed by atoms with Crippen LogP contribution in [0.3, 0.4) is 0 Å². The summed E-state index contributed by atoms with van der Waals surface area (Å²) in [7, 11) is 0. The predicted molar refractivity (Wildman–Crippen MR) is 79.5 cm³/mol. The molecule has 2 unspecified atom stereocenters. The van der Waals surface area contributed by atoms with Crippen molar-refractivity contribution in [3.8, 4) is 5.75 Å². The van der Waals surface area contributed by atoms with Crippen molar-refractivity contribution in [2.75, 3.05) is 19.7 Å². The second kappa shape index (κ2) is 6.73. The Balaban J connectivity index is 1.99. The summed E-state index contributed by atoms with van der Waals surface area (Å²) in [4.78, 5) is 2.52. The molecule has 0 amide bonds.